The fourth-order valence-corrected chi connectivity index (χ4v) is 2.47. The van der Waals surface area contributed by atoms with Gasteiger partial charge in [-0.15, -0.1) is 0 Å². The van der Waals surface area contributed by atoms with E-state index in [1.54, 1.807) is 7.11 Å². The molecular weight excluding hydrogens is 318 g/mol. The summed E-state index contributed by atoms with van der Waals surface area (Å²) in [5, 5.41) is 3.40. The number of hydrogen-bond donors (Lipinski definition) is 1. The van der Waals surface area contributed by atoms with Gasteiger partial charge in [-0.05, 0) is 40.0 Å². The van der Waals surface area contributed by atoms with Crippen molar-refractivity contribution < 1.29 is 9.47 Å². The van der Waals surface area contributed by atoms with Crippen LogP contribution in [0, 0.1) is 0 Å². The normalized spacial score (nSPS) is 10.9. The van der Waals surface area contributed by atoms with Gasteiger partial charge in [0.1, 0.15) is 0 Å². The predicted molar refractivity (Wildman–Crippen MR) is 87.7 cm³/mol. The minimum atomic E-state index is 0.463. The van der Waals surface area contributed by atoms with Gasteiger partial charge in [-0.25, -0.2) is 0 Å². The fraction of sp³-hybridized carbons (Fsp3) is 0.625. The lowest BCUT2D eigenvalue weighted by Crippen LogP contribution is -2.21. The van der Waals surface area contributed by atoms with Gasteiger partial charge in [-0.3, -0.25) is 0 Å². The van der Waals surface area contributed by atoms with Crippen molar-refractivity contribution in [3.05, 3.63) is 22.2 Å². The van der Waals surface area contributed by atoms with Gasteiger partial charge in [-0.2, -0.15) is 0 Å². The minimum absolute atomic E-state index is 0.463. The smallest absolute Gasteiger partial charge is 0.175 e. The molecule has 4 heteroatoms. The Labute approximate surface area is 131 Å². The summed E-state index contributed by atoms with van der Waals surface area (Å²) in [5.74, 6) is 1.59. The van der Waals surface area contributed by atoms with Crippen LogP contribution in [0.2, 0.25) is 0 Å². The summed E-state index contributed by atoms with van der Waals surface area (Å²) < 4.78 is 12.2. The standard InChI is InChI=1S/C16H26BrNO2/c1-5-6-7-8-20-16-14(17)9-13(10-15(16)19-4)11-18-12(2)3/h9-10,12,18H,5-8,11H2,1-4H3. The first kappa shape index (κ1) is 17.3. The van der Waals surface area contributed by atoms with Gasteiger partial charge in [0.25, 0.3) is 0 Å². The molecule has 1 rings (SSSR count). The van der Waals surface area contributed by atoms with E-state index in [0.717, 1.165) is 35.5 Å². The SMILES string of the molecule is CCCCCOc1c(Br)cc(CNC(C)C)cc1OC. The molecule has 0 heterocycles. The van der Waals surface area contributed by atoms with Gasteiger partial charge >= 0.3 is 0 Å². The Balaban J connectivity index is 2.74. The van der Waals surface area contributed by atoms with E-state index in [1.165, 1.54) is 18.4 Å². The first-order valence-corrected chi connectivity index (χ1v) is 8.10. The Kier molecular flexibility index (Phi) is 8.00. The zero-order valence-corrected chi connectivity index (χ0v) is 14.5. The van der Waals surface area contributed by atoms with Crippen LogP contribution in [0.25, 0.3) is 0 Å². The van der Waals surface area contributed by atoms with Crippen LogP contribution in [-0.2, 0) is 6.54 Å². The Morgan fingerprint density at radius 3 is 2.60 bits per heavy atom. The Bertz CT molecular complexity index is 408. The average molecular weight is 344 g/mol. The molecule has 20 heavy (non-hydrogen) atoms. The van der Waals surface area contributed by atoms with E-state index in [2.05, 4.69) is 48.1 Å². The van der Waals surface area contributed by atoms with Crippen molar-refractivity contribution in [2.45, 2.75) is 52.6 Å². The third kappa shape index (κ3) is 5.71. The van der Waals surface area contributed by atoms with Crippen molar-refractivity contribution in [1.29, 1.82) is 0 Å². The number of ether oxygens (including phenoxy) is 2. The molecule has 0 atom stereocenters. The predicted octanol–water partition coefficient (Wildman–Crippen LogP) is 4.52. The Hall–Kier alpha value is -0.740. The number of methoxy groups -OCH3 is 1. The quantitative estimate of drug-likeness (QED) is 0.668. The molecule has 3 nitrogen and oxygen atoms in total. The summed E-state index contributed by atoms with van der Waals surface area (Å²) in [7, 11) is 1.68. The van der Waals surface area contributed by atoms with Crippen LogP contribution in [0.15, 0.2) is 16.6 Å². The van der Waals surface area contributed by atoms with Crippen LogP contribution in [-0.4, -0.2) is 19.8 Å². The lowest BCUT2D eigenvalue weighted by Gasteiger charge is -2.15. The Morgan fingerprint density at radius 1 is 1.25 bits per heavy atom. The van der Waals surface area contributed by atoms with Gasteiger partial charge in [0, 0.05) is 12.6 Å². The van der Waals surface area contributed by atoms with Crippen LogP contribution in [0.1, 0.15) is 45.6 Å². The van der Waals surface area contributed by atoms with Gasteiger partial charge < -0.3 is 14.8 Å². The molecule has 1 aromatic carbocycles. The molecule has 0 spiro atoms. The molecule has 0 amide bonds. The van der Waals surface area contributed by atoms with E-state index in [9.17, 15) is 0 Å². The zero-order valence-electron chi connectivity index (χ0n) is 13.0. The molecule has 0 aliphatic heterocycles. The van der Waals surface area contributed by atoms with Gasteiger partial charge in [0.05, 0.1) is 18.2 Å². The Morgan fingerprint density at radius 2 is 2.00 bits per heavy atom. The highest BCUT2D eigenvalue weighted by atomic mass is 79.9. The summed E-state index contributed by atoms with van der Waals surface area (Å²) in [4.78, 5) is 0. The van der Waals surface area contributed by atoms with Crippen molar-refractivity contribution in [3.63, 3.8) is 0 Å². The highest BCUT2D eigenvalue weighted by Gasteiger charge is 2.11. The van der Waals surface area contributed by atoms with Gasteiger partial charge in [0.15, 0.2) is 11.5 Å². The molecule has 1 aromatic rings. The van der Waals surface area contributed by atoms with Crippen LogP contribution >= 0.6 is 15.9 Å². The van der Waals surface area contributed by atoms with Crippen molar-refractivity contribution in [1.82, 2.24) is 5.32 Å². The summed E-state index contributed by atoms with van der Waals surface area (Å²) in [6.45, 7) is 8.01. The van der Waals surface area contributed by atoms with Crippen molar-refractivity contribution in [3.8, 4) is 11.5 Å². The van der Waals surface area contributed by atoms with Crippen molar-refractivity contribution >= 4 is 15.9 Å². The van der Waals surface area contributed by atoms with Gasteiger partial charge in [0.2, 0.25) is 0 Å². The van der Waals surface area contributed by atoms with E-state index in [0.29, 0.717) is 6.04 Å². The van der Waals surface area contributed by atoms with E-state index < -0.39 is 0 Å². The number of unbranched alkanes of at least 4 members (excludes halogenated alkanes) is 2. The van der Waals surface area contributed by atoms with E-state index in [-0.39, 0.29) is 0 Å². The molecular formula is C16H26BrNO2. The minimum Gasteiger partial charge on any atom is -0.493 e. The summed E-state index contributed by atoms with van der Waals surface area (Å²) in [5.41, 5.74) is 1.18. The monoisotopic (exact) mass is 343 g/mol. The van der Waals surface area contributed by atoms with Crippen LogP contribution in [0.4, 0.5) is 0 Å². The molecule has 0 aliphatic rings. The summed E-state index contributed by atoms with van der Waals surface area (Å²) in [6, 6.07) is 4.59. The zero-order chi connectivity index (χ0) is 15.0. The largest absolute Gasteiger partial charge is 0.493 e. The molecule has 114 valence electrons. The number of hydrogen-bond acceptors (Lipinski definition) is 3. The second-order valence-corrected chi connectivity index (χ2v) is 6.05. The molecule has 0 bridgehead atoms. The first-order valence-electron chi connectivity index (χ1n) is 7.31. The molecule has 0 fully saturated rings. The molecule has 0 saturated heterocycles. The topological polar surface area (TPSA) is 30.5 Å². The molecule has 0 aromatic heterocycles. The number of halogens is 1. The summed E-state index contributed by atoms with van der Waals surface area (Å²) in [6.07, 6.45) is 3.46. The summed E-state index contributed by atoms with van der Waals surface area (Å²) >= 11 is 3.58. The maximum atomic E-state index is 5.85. The highest BCUT2D eigenvalue weighted by molar-refractivity contribution is 9.10. The second kappa shape index (κ2) is 9.24. The number of benzene rings is 1. The number of nitrogens with one attached hydrogen (secondary N) is 1. The molecule has 0 unspecified atom stereocenters. The van der Waals surface area contributed by atoms with E-state index >= 15 is 0 Å². The molecule has 0 aliphatic carbocycles. The number of rotatable bonds is 9. The highest BCUT2D eigenvalue weighted by Crippen LogP contribution is 2.36. The maximum absolute atomic E-state index is 5.85. The fourth-order valence-electron chi connectivity index (χ4n) is 1.86. The van der Waals surface area contributed by atoms with E-state index in [4.69, 9.17) is 9.47 Å². The first-order chi connectivity index (χ1) is 9.58. The lowest BCUT2D eigenvalue weighted by atomic mass is 10.2. The van der Waals surface area contributed by atoms with Crippen molar-refractivity contribution in [2.24, 2.45) is 0 Å². The van der Waals surface area contributed by atoms with Crippen molar-refractivity contribution in [2.75, 3.05) is 13.7 Å². The van der Waals surface area contributed by atoms with Crippen LogP contribution in [0.5, 0.6) is 11.5 Å². The third-order valence-corrected chi connectivity index (χ3v) is 3.59. The lowest BCUT2D eigenvalue weighted by molar-refractivity contribution is 0.284. The average Bonchev–Trinajstić information content (AvgIpc) is 2.42. The van der Waals surface area contributed by atoms with E-state index in [1.807, 2.05) is 6.07 Å². The second-order valence-electron chi connectivity index (χ2n) is 5.20. The van der Waals surface area contributed by atoms with Crippen LogP contribution in [0.3, 0.4) is 0 Å². The molecule has 1 N–H and O–H groups in total. The maximum Gasteiger partial charge on any atom is 0.175 e. The van der Waals surface area contributed by atoms with Gasteiger partial charge in [-0.1, -0.05) is 33.6 Å². The molecule has 0 radical (unpaired) electrons. The molecule has 0 saturated carbocycles. The third-order valence-electron chi connectivity index (χ3n) is 3.00. The van der Waals surface area contributed by atoms with Crippen LogP contribution < -0.4 is 14.8 Å².